The number of aliphatic hydroxyl groups is 1. The summed E-state index contributed by atoms with van der Waals surface area (Å²) in [6, 6.07) is 18.9. The van der Waals surface area contributed by atoms with Crippen molar-refractivity contribution in [1.29, 1.82) is 0 Å². The zero-order valence-corrected chi connectivity index (χ0v) is 12.4. The SMILES string of the molecule is C[C@H]1[C@@H](c2ccccc2)OC(=O)N1C[C@@H](O)c1ccccc1. The number of ether oxygens (including phenoxy) is 1. The highest BCUT2D eigenvalue weighted by Gasteiger charge is 2.40. The van der Waals surface area contributed by atoms with Gasteiger partial charge in [-0.3, -0.25) is 4.90 Å². The number of cyclic esters (lactones) is 1. The molecule has 1 heterocycles. The number of benzene rings is 2. The van der Waals surface area contributed by atoms with Crippen molar-refractivity contribution in [1.82, 2.24) is 4.90 Å². The minimum absolute atomic E-state index is 0.117. The highest BCUT2D eigenvalue weighted by Crippen LogP contribution is 2.33. The Morgan fingerprint density at radius 2 is 1.68 bits per heavy atom. The number of hydrogen-bond acceptors (Lipinski definition) is 3. The van der Waals surface area contributed by atoms with Gasteiger partial charge in [0.05, 0.1) is 18.7 Å². The van der Waals surface area contributed by atoms with Crippen molar-refractivity contribution in [3.63, 3.8) is 0 Å². The summed E-state index contributed by atoms with van der Waals surface area (Å²) in [7, 11) is 0. The van der Waals surface area contributed by atoms with Gasteiger partial charge >= 0.3 is 6.09 Å². The van der Waals surface area contributed by atoms with E-state index in [4.69, 9.17) is 4.74 Å². The largest absolute Gasteiger partial charge is 0.439 e. The van der Waals surface area contributed by atoms with Gasteiger partial charge in [-0.15, -0.1) is 0 Å². The van der Waals surface area contributed by atoms with E-state index in [1.54, 1.807) is 4.90 Å². The first-order chi connectivity index (χ1) is 10.7. The number of amides is 1. The molecule has 4 heteroatoms. The summed E-state index contributed by atoms with van der Waals surface area (Å²) in [5, 5.41) is 10.3. The van der Waals surface area contributed by atoms with E-state index in [1.165, 1.54) is 0 Å². The monoisotopic (exact) mass is 297 g/mol. The van der Waals surface area contributed by atoms with Gasteiger partial charge in [0.2, 0.25) is 0 Å². The summed E-state index contributed by atoms with van der Waals surface area (Å²) in [6.07, 6.45) is -1.39. The molecule has 2 aromatic rings. The van der Waals surface area contributed by atoms with Gasteiger partial charge in [-0.1, -0.05) is 60.7 Å². The minimum Gasteiger partial charge on any atom is -0.439 e. The van der Waals surface area contributed by atoms with E-state index in [-0.39, 0.29) is 24.8 Å². The molecule has 0 aliphatic carbocycles. The maximum Gasteiger partial charge on any atom is 0.410 e. The van der Waals surface area contributed by atoms with Gasteiger partial charge < -0.3 is 9.84 Å². The van der Waals surface area contributed by atoms with Crippen molar-refractivity contribution in [3.8, 4) is 0 Å². The fourth-order valence-electron chi connectivity index (χ4n) is 2.80. The van der Waals surface area contributed by atoms with Crippen LogP contribution in [0.5, 0.6) is 0 Å². The Morgan fingerprint density at radius 1 is 1.09 bits per heavy atom. The molecule has 3 atom stereocenters. The smallest absolute Gasteiger partial charge is 0.410 e. The number of hydrogen-bond donors (Lipinski definition) is 1. The fourth-order valence-corrected chi connectivity index (χ4v) is 2.80. The Labute approximate surface area is 130 Å². The van der Waals surface area contributed by atoms with Crippen molar-refractivity contribution >= 4 is 6.09 Å². The highest BCUT2D eigenvalue weighted by molar-refractivity contribution is 5.71. The quantitative estimate of drug-likeness (QED) is 0.942. The maximum absolute atomic E-state index is 12.1. The third kappa shape index (κ3) is 2.83. The van der Waals surface area contributed by atoms with Crippen molar-refractivity contribution in [3.05, 3.63) is 71.8 Å². The molecule has 0 radical (unpaired) electrons. The minimum atomic E-state index is -0.717. The zero-order valence-electron chi connectivity index (χ0n) is 12.4. The summed E-state index contributed by atoms with van der Waals surface area (Å²) in [5.74, 6) is 0. The predicted octanol–water partition coefficient (Wildman–Crippen LogP) is 3.30. The molecule has 1 aliphatic heterocycles. The van der Waals surface area contributed by atoms with Crippen molar-refractivity contribution in [2.75, 3.05) is 6.54 Å². The van der Waals surface area contributed by atoms with Crippen LogP contribution in [-0.2, 0) is 4.74 Å². The van der Waals surface area contributed by atoms with Crippen molar-refractivity contribution in [2.45, 2.75) is 25.2 Å². The highest BCUT2D eigenvalue weighted by atomic mass is 16.6. The number of carbonyl (C=O) groups is 1. The summed E-state index contributed by atoms with van der Waals surface area (Å²) in [6.45, 7) is 2.17. The van der Waals surface area contributed by atoms with Crippen LogP contribution < -0.4 is 0 Å². The third-order valence-corrected chi connectivity index (χ3v) is 4.07. The van der Waals surface area contributed by atoms with E-state index < -0.39 is 6.10 Å². The maximum atomic E-state index is 12.1. The standard InChI is InChI=1S/C18H19NO3/c1-13-17(15-10-6-3-7-11-15)22-18(21)19(13)12-16(20)14-8-4-2-5-9-14/h2-11,13,16-17,20H,12H2,1H3/t13-,16+,17-/m0/s1. The molecule has 0 saturated carbocycles. The average Bonchev–Trinajstić information content (AvgIpc) is 2.84. The zero-order chi connectivity index (χ0) is 15.5. The second kappa shape index (κ2) is 6.20. The van der Waals surface area contributed by atoms with Crippen LogP contribution in [0.1, 0.15) is 30.3 Å². The van der Waals surface area contributed by atoms with Gasteiger partial charge in [0.15, 0.2) is 0 Å². The molecule has 1 N–H and O–H groups in total. The second-order valence-electron chi connectivity index (χ2n) is 5.53. The van der Waals surface area contributed by atoms with Crippen LogP contribution in [0.4, 0.5) is 4.79 Å². The molecular formula is C18H19NO3. The first kappa shape index (κ1) is 14.6. The van der Waals surface area contributed by atoms with Crippen LogP contribution in [-0.4, -0.2) is 28.7 Å². The van der Waals surface area contributed by atoms with Crippen LogP contribution in [0.15, 0.2) is 60.7 Å². The average molecular weight is 297 g/mol. The molecule has 1 amide bonds. The lowest BCUT2D eigenvalue weighted by molar-refractivity contribution is 0.111. The molecule has 2 aromatic carbocycles. The molecule has 3 rings (SSSR count). The first-order valence-corrected chi connectivity index (χ1v) is 7.42. The molecule has 114 valence electrons. The van der Waals surface area contributed by atoms with E-state index >= 15 is 0 Å². The molecule has 0 bridgehead atoms. The summed E-state index contributed by atoms with van der Waals surface area (Å²) in [4.78, 5) is 13.7. The first-order valence-electron chi connectivity index (χ1n) is 7.42. The van der Waals surface area contributed by atoms with Crippen LogP contribution in [0, 0.1) is 0 Å². The Bertz CT molecular complexity index is 629. The molecule has 0 spiro atoms. The lowest BCUT2D eigenvalue weighted by Crippen LogP contribution is -2.35. The van der Waals surface area contributed by atoms with E-state index in [0.29, 0.717) is 0 Å². The van der Waals surface area contributed by atoms with E-state index in [1.807, 2.05) is 67.6 Å². The number of carbonyl (C=O) groups excluding carboxylic acids is 1. The van der Waals surface area contributed by atoms with Gasteiger partial charge in [0.1, 0.15) is 6.10 Å². The summed E-state index contributed by atoms with van der Waals surface area (Å²) in [5.41, 5.74) is 1.77. The number of rotatable bonds is 4. The normalized spacial score (nSPS) is 22.5. The molecule has 1 aliphatic rings. The molecule has 0 aromatic heterocycles. The summed E-state index contributed by atoms with van der Waals surface area (Å²) >= 11 is 0. The lowest BCUT2D eigenvalue weighted by atomic mass is 10.0. The lowest BCUT2D eigenvalue weighted by Gasteiger charge is -2.23. The number of nitrogens with zero attached hydrogens (tertiary/aromatic N) is 1. The van der Waals surface area contributed by atoms with Crippen molar-refractivity contribution < 1.29 is 14.6 Å². The molecule has 4 nitrogen and oxygen atoms in total. The van der Waals surface area contributed by atoms with Crippen LogP contribution in [0.25, 0.3) is 0 Å². The number of β-amino-alcohol motifs (C(OH)–C–C–N with tert-alkyl or cyclic N) is 1. The Morgan fingerprint density at radius 3 is 2.32 bits per heavy atom. The Kier molecular flexibility index (Phi) is 4.11. The van der Waals surface area contributed by atoms with Gasteiger partial charge in [0.25, 0.3) is 0 Å². The number of aliphatic hydroxyl groups excluding tert-OH is 1. The predicted molar refractivity (Wildman–Crippen MR) is 83.2 cm³/mol. The second-order valence-corrected chi connectivity index (χ2v) is 5.53. The van der Waals surface area contributed by atoms with E-state index in [9.17, 15) is 9.90 Å². The van der Waals surface area contributed by atoms with Crippen LogP contribution in [0.2, 0.25) is 0 Å². The van der Waals surface area contributed by atoms with Crippen molar-refractivity contribution in [2.24, 2.45) is 0 Å². The molecule has 1 saturated heterocycles. The van der Waals surface area contributed by atoms with Gasteiger partial charge in [-0.25, -0.2) is 4.79 Å². The Balaban J connectivity index is 1.73. The topological polar surface area (TPSA) is 49.8 Å². The van der Waals surface area contributed by atoms with Gasteiger partial charge in [0, 0.05) is 0 Å². The van der Waals surface area contributed by atoms with Gasteiger partial charge in [-0.05, 0) is 18.1 Å². The van der Waals surface area contributed by atoms with E-state index in [2.05, 4.69) is 0 Å². The molecular weight excluding hydrogens is 278 g/mol. The molecule has 0 unspecified atom stereocenters. The van der Waals surface area contributed by atoms with Crippen LogP contribution >= 0.6 is 0 Å². The summed E-state index contributed by atoms with van der Waals surface area (Å²) < 4.78 is 5.48. The van der Waals surface area contributed by atoms with Gasteiger partial charge in [-0.2, -0.15) is 0 Å². The van der Waals surface area contributed by atoms with E-state index in [0.717, 1.165) is 11.1 Å². The van der Waals surface area contributed by atoms with Crippen LogP contribution in [0.3, 0.4) is 0 Å². The molecule has 1 fully saturated rings. The Hall–Kier alpha value is -2.33. The fraction of sp³-hybridized carbons (Fsp3) is 0.278. The molecule has 22 heavy (non-hydrogen) atoms. The third-order valence-electron chi connectivity index (χ3n) is 4.07.